The highest BCUT2D eigenvalue weighted by molar-refractivity contribution is 6.13. The maximum atomic E-state index is 6.26. The van der Waals surface area contributed by atoms with Crippen molar-refractivity contribution in [1.82, 2.24) is 15.0 Å². The fraction of sp³-hybridized carbons (Fsp3) is 0.128. The highest BCUT2D eigenvalue weighted by Crippen LogP contribution is 2.56. The van der Waals surface area contributed by atoms with Gasteiger partial charge in [0.25, 0.3) is 0 Å². The van der Waals surface area contributed by atoms with Crippen molar-refractivity contribution in [2.45, 2.75) is 38.5 Å². The van der Waals surface area contributed by atoms with Crippen LogP contribution in [-0.4, -0.2) is 15.0 Å². The van der Waals surface area contributed by atoms with Crippen molar-refractivity contribution in [1.29, 1.82) is 0 Å². The number of nitrogens with zero attached hydrogens (tertiary/aromatic N) is 3. The highest BCUT2D eigenvalue weighted by Gasteiger charge is 2.47. The minimum absolute atomic E-state index is 0.185. The summed E-state index contributed by atoms with van der Waals surface area (Å²) in [6.45, 7) is 9.60. The van der Waals surface area contributed by atoms with Crippen molar-refractivity contribution in [3.8, 4) is 45.3 Å². The summed E-state index contributed by atoms with van der Waals surface area (Å²) < 4.78 is 6.26. The first kappa shape index (κ1) is 29.8. The zero-order valence-corrected chi connectivity index (χ0v) is 29.0. The van der Waals surface area contributed by atoms with Gasteiger partial charge >= 0.3 is 0 Å². The van der Waals surface area contributed by atoms with E-state index in [4.69, 9.17) is 19.4 Å². The second-order valence-electron chi connectivity index (χ2n) is 14.8. The van der Waals surface area contributed by atoms with Crippen LogP contribution in [0.4, 0.5) is 0 Å². The molecule has 2 heterocycles. The molecule has 0 fully saturated rings. The lowest BCUT2D eigenvalue weighted by Gasteiger charge is -2.49. The molecule has 0 bridgehead atoms. The second kappa shape index (κ2) is 10.7. The summed E-state index contributed by atoms with van der Waals surface area (Å²) in [5.74, 6) is 1.91. The smallest absolute Gasteiger partial charge is 0.164 e. The SMILES string of the molecule is CC1(C)c2cc(-c3nc(-c4ccccc4)nc(-c4cccc5oc6ccccc6c45)n3)ccc2-c2ccc3ccc4ccccc4c3c2C1(C)C. The third-order valence-corrected chi connectivity index (χ3v) is 11.6. The molecule has 244 valence electrons. The van der Waals surface area contributed by atoms with Gasteiger partial charge in [-0.15, -0.1) is 0 Å². The molecule has 0 saturated carbocycles. The van der Waals surface area contributed by atoms with Crippen LogP contribution < -0.4 is 0 Å². The molecular weight excluding hydrogens is 623 g/mol. The Bertz CT molecular complexity index is 2860. The molecular formula is C47H35N3O. The standard InChI is InChI=1S/C47H35N3O/c1-46(2)37-27-31(24-25-33(37)34-26-23-29-22-21-28-13-8-9-16-32(28)40(29)42(34)47(46,3)4)44-48-43(30-14-6-5-7-15-30)49-45(50-44)36-18-12-20-39-41(36)35-17-10-11-19-38(35)51-39/h5-27H,1-4H3. The van der Waals surface area contributed by atoms with Crippen molar-refractivity contribution in [3.05, 3.63) is 151 Å². The Kier molecular flexibility index (Phi) is 6.23. The molecule has 0 atom stereocenters. The largest absolute Gasteiger partial charge is 0.456 e. The molecule has 0 N–H and O–H groups in total. The van der Waals surface area contributed by atoms with Gasteiger partial charge in [0.2, 0.25) is 0 Å². The van der Waals surface area contributed by atoms with Crippen LogP contribution in [0, 0.1) is 0 Å². The summed E-state index contributed by atoms with van der Waals surface area (Å²) in [6.07, 6.45) is 0. The third kappa shape index (κ3) is 4.29. The number of fused-ring (bicyclic) bond motifs is 10. The van der Waals surface area contributed by atoms with Gasteiger partial charge in [-0.1, -0.05) is 149 Å². The average Bonchev–Trinajstić information content (AvgIpc) is 3.56. The second-order valence-corrected chi connectivity index (χ2v) is 14.8. The summed E-state index contributed by atoms with van der Waals surface area (Å²) in [4.78, 5) is 15.5. The molecule has 0 aliphatic heterocycles. The van der Waals surface area contributed by atoms with E-state index in [2.05, 4.69) is 119 Å². The van der Waals surface area contributed by atoms with Gasteiger partial charge < -0.3 is 4.42 Å². The molecule has 10 rings (SSSR count). The zero-order chi connectivity index (χ0) is 34.5. The first-order valence-electron chi connectivity index (χ1n) is 17.6. The van der Waals surface area contributed by atoms with Crippen LogP contribution in [0.1, 0.15) is 38.8 Å². The van der Waals surface area contributed by atoms with Gasteiger partial charge in [0.1, 0.15) is 11.2 Å². The molecule has 1 aliphatic rings. The zero-order valence-electron chi connectivity index (χ0n) is 29.0. The van der Waals surface area contributed by atoms with Gasteiger partial charge in [0.15, 0.2) is 17.5 Å². The Morgan fingerprint density at radius 1 is 0.431 bits per heavy atom. The van der Waals surface area contributed by atoms with E-state index in [0.717, 1.165) is 38.6 Å². The van der Waals surface area contributed by atoms with Gasteiger partial charge in [0.05, 0.1) is 0 Å². The van der Waals surface area contributed by atoms with E-state index in [-0.39, 0.29) is 10.8 Å². The number of hydrogen-bond acceptors (Lipinski definition) is 4. The normalized spacial score (nSPS) is 14.6. The lowest BCUT2D eigenvalue weighted by atomic mass is 9.54. The van der Waals surface area contributed by atoms with E-state index in [1.807, 2.05) is 48.5 Å². The molecule has 4 heteroatoms. The number of aromatic nitrogens is 3. The van der Waals surface area contributed by atoms with E-state index in [1.54, 1.807) is 0 Å². The number of furan rings is 1. The average molecular weight is 658 g/mol. The Balaban J connectivity index is 1.21. The van der Waals surface area contributed by atoms with Crippen LogP contribution in [0.15, 0.2) is 144 Å². The third-order valence-electron chi connectivity index (χ3n) is 11.6. The van der Waals surface area contributed by atoms with Gasteiger partial charge in [-0.3, -0.25) is 0 Å². The van der Waals surface area contributed by atoms with Crippen LogP contribution in [0.5, 0.6) is 0 Å². The number of hydrogen-bond donors (Lipinski definition) is 0. The quantitative estimate of drug-likeness (QED) is 0.177. The maximum Gasteiger partial charge on any atom is 0.164 e. The Morgan fingerprint density at radius 2 is 1.08 bits per heavy atom. The molecule has 0 radical (unpaired) electrons. The van der Waals surface area contributed by atoms with E-state index in [1.165, 1.54) is 43.8 Å². The molecule has 4 nitrogen and oxygen atoms in total. The number of rotatable bonds is 3. The van der Waals surface area contributed by atoms with Crippen molar-refractivity contribution < 1.29 is 4.42 Å². The minimum atomic E-state index is -0.212. The van der Waals surface area contributed by atoms with Crippen LogP contribution in [0.2, 0.25) is 0 Å². The fourth-order valence-electron chi connectivity index (χ4n) is 8.36. The van der Waals surface area contributed by atoms with Gasteiger partial charge in [0, 0.05) is 32.9 Å². The van der Waals surface area contributed by atoms with Gasteiger partial charge in [-0.25, -0.2) is 15.0 Å². The Morgan fingerprint density at radius 3 is 1.92 bits per heavy atom. The van der Waals surface area contributed by atoms with Crippen molar-refractivity contribution in [2.24, 2.45) is 0 Å². The van der Waals surface area contributed by atoms with E-state index in [9.17, 15) is 0 Å². The molecule has 2 aromatic heterocycles. The monoisotopic (exact) mass is 657 g/mol. The van der Waals surface area contributed by atoms with Crippen LogP contribution in [0.3, 0.4) is 0 Å². The summed E-state index contributed by atoms with van der Waals surface area (Å²) in [5.41, 5.74) is 9.36. The van der Waals surface area contributed by atoms with Crippen LogP contribution in [0.25, 0.3) is 88.8 Å². The molecule has 0 saturated heterocycles. The molecule has 1 aliphatic carbocycles. The topological polar surface area (TPSA) is 51.8 Å². The van der Waals surface area contributed by atoms with Crippen LogP contribution in [-0.2, 0) is 10.8 Å². The molecule has 9 aromatic rings. The van der Waals surface area contributed by atoms with E-state index < -0.39 is 0 Å². The molecule has 0 unspecified atom stereocenters. The first-order chi connectivity index (χ1) is 24.8. The summed E-state index contributed by atoms with van der Waals surface area (Å²) >= 11 is 0. The Labute approximate surface area is 296 Å². The van der Waals surface area contributed by atoms with Crippen LogP contribution >= 0.6 is 0 Å². The van der Waals surface area contributed by atoms with Crippen molar-refractivity contribution in [3.63, 3.8) is 0 Å². The number of benzene rings is 7. The predicted molar refractivity (Wildman–Crippen MR) is 210 cm³/mol. The maximum absolute atomic E-state index is 6.26. The minimum Gasteiger partial charge on any atom is -0.456 e. The van der Waals surface area contributed by atoms with Gasteiger partial charge in [-0.05, 0) is 67.4 Å². The molecule has 51 heavy (non-hydrogen) atoms. The summed E-state index contributed by atoms with van der Waals surface area (Å²) in [5, 5.41) is 7.27. The fourth-order valence-corrected chi connectivity index (χ4v) is 8.36. The van der Waals surface area contributed by atoms with Crippen molar-refractivity contribution >= 4 is 43.5 Å². The summed E-state index contributed by atoms with van der Waals surface area (Å²) in [7, 11) is 0. The molecule has 0 spiro atoms. The summed E-state index contributed by atoms with van der Waals surface area (Å²) in [6, 6.07) is 49.1. The number of para-hydroxylation sites is 1. The first-order valence-corrected chi connectivity index (χ1v) is 17.6. The van der Waals surface area contributed by atoms with E-state index in [0.29, 0.717) is 17.5 Å². The van der Waals surface area contributed by atoms with Crippen molar-refractivity contribution in [2.75, 3.05) is 0 Å². The molecule has 0 amide bonds. The predicted octanol–water partition coefficient (Wildman–Crippen LogP) is 12.3. The lowest BCUT2D eigenvalue weighted by molar-refractivity contribution is 0.301. The van der Waals surface area contributed by atoms with E-state index >= 15 is 0 Å². The Hall–Kier alpha value is -6.13. The van der Waals surface area contributed by atoms with Gasteiger partial charge in [-0.2, -0.15) is 0 Å². The highest BCUT2D eigenvalue weighted by atomic mass is 16.3. The lowest BCUT2D eigenvalue weighted by Crippen LogP contribution is -2.43. The molecule has 7 aromatic carbocycles.